The molecule has 1 fully saturated rings. The van der Waals surface area contributed by atoms with E-state index in [0.717, 1.165) is 26.1 Å². The molecule has 3 N–H and O–H groups in total. The molecule has 6 nitrogen and oxygen atoms in total. The van der Waals surface area contributed by atoms with Crippen molar-refractivity contribution in [1.82, 2.24) is 19.8 Å². The normalized spacial score (nSPS) is 21.7. The maximum absolute atomic E-state index is 11.9. The molecule has 1 atom stereocenters. The molecule has 0 aliphatic carbocycles. The van der Waals surface area contributed by atoms with Crippen molar-refractivity contribution >= 4 is 5.82 Å². The predicted octanol–water partition coefficient (Wildman–Crippen LogP) is -0.297. The van der Waals surface area contributed by atoms with Crippen LogP contribution in [-0.4, -0.2) is 59.5 Å². The number of hydrogen-bond donors (Lipinski definition) is 2. The first-order valence-electron chi connectivity index (χ1n) is 6.77. The number of nitrogen functional groups attached to an aromatic ring is 1. The topological polar surface area (TPSA) is 78.2 Å². The molecule has 0 radical (unpaired) electrons. The van der Waals surface area contributed by atoms with E-state index < -0.39 is 0 Å². The van der Waals surface area contributed by atoms with E-state index in [1.54, 1.807) is 0 Å². The molecule has 0 spiro atoms. The van der Waals surface area contributed by atoms with Gasteiger partial charge in [0.1, 0.15) is 11.6 Å². The third-order valence-corrected chi connectivity index (χ3v) is 3.86. The Morgan fingerprint density at radius 1 is 1.42 bits per heavy atom. The van der Waals surface area contributed by atoms with Crippen molar-refractivity contribution in [3.63, 3.8) is 0 Å². The number of nitrogens with zero attached hydrogens (tertiary/aromatic N) is 3. The Hall–Kier alpha value is -1.40. The molecule has 1 aromatic heterocycles. The van der Waals surface area contributed by atoms with Crippen molar-refractivity contribution in [2.45, 2.75) is 25.8 Å². The summed E-state index contributed by atoms with van der Waals surface area (Å²) in [5.41, 5.74) is 6.33. The molecule has 1 aliphatic heterocycles. The number of nitrogens with one attached hydrogen (secondary N) is 1. The molecular formula is C13H23N5O. The van der Waals surface area contributed by atoms with Gasteiger partial charge < -0.3 is 20.5 Å². The second-order valence-corrected chi connectivity index (χ2v) is 5.33. The number of H-pyrrole nitrogens is 1. The molecule has 0 saturated carbocycles. The van der Waals surface area contributed by atoms with Crippen LogP contribution in [0, 0.1) is 0 Å². The van der Waals surface area contributed by atoms with E-state index in [9.17, 15) is 4.79 Å². The summed E-state index contributed by atoms with van der Waals surface area (Å²) in [6.45, 7) is 5.00. The first-order valence-corrected chi connectivity index (χ1v) is 6.77. The van der Waals surface area contributed by atoms with Gasteiger partial charge in [0.15, 0.2) is 0 Å². The van der Waals surface area contributed by atoms with Crippen LogP contribution in [0.2, 0.25) is 0 Å². The molecule has 2 rings (SSSR count). The standard InChI is InChI=1S/C13H23N5O/c1-4-10-12(14)15-11(16-13(10)19)7-9-8-17(2)5-6-18(9)3/h9H,4-8H2,1-3H3,(H3,14,15,16,19). The Kier molecular flexibility index (Phi) is 4.21. The van der Waals surface area contributed by atoms with Gasteiger partial charge in [-0.1, -0.05) is 6.92 Å². The predicted molar refractivity (Wildman–Crippen MR) is 76.3 cm³/mol. The molecule has 0 bridgehead atoms. The van der Waals surface area contributed by atoms with Crippen LogP contribution in [0.15, 0.2) is 4.79 Å². The van der Waals surface area contributed by atoms with Gasteiger partial charge in [-0.3, -0.25) is 4.79 Å². The summed E-state index contributed by atoms with van der Waals surface area (Å²) in [6.07, 6.45) is 1.34. The van der Waals surface area contributed by atoms with Crippen LogP contribution in [0.25, 0.3) is 0 Å². The van der Waals surface area contributed by atoms with Gasteiger partial charge in [-0.2, -0.15) is 0 Å². The molecule has 6 heteroatoms. The van der Waals surface area contributed by atoms with Crippen LogP contribution < -0.4 is 11.3 Å². The van der Waals surface area contributed by atoms with Gasteiger partial charge in [0.25, 0.3) is 5.56 Å². The van der Waals surface area contributed by atoms with E-state index in [-0.39, 0.29) is 5.56 Å². The molecule has 2 heterocycles. The lowest BCUT2D eigenvalue weighted by Crippen LogP contribution is -2.51. The number of aromatic amines is 1. The van der Waals surface area contributed by atoms with Crippen LogP contribution in [0.1, 0.15) is 18.3 Å². The Morgan fingerprint density at radius 2 is 2.16 bits per heavy atom. The first kappa shape index (κ1) is 14.0. The zero-order chi connectivity index (χ0) is 14.0. The van der Waals surface area contributed by atoms with Crippen LogP contribution in [0.4, 0.5) is 5.82 Å². The third-order valence-electron chi connectivity index (χ3n) is 3.86. The Morgan fingerprint density at radius 3 is 2.79 bits per heavy atom. The van der Waals surface area contributed by atoms with Crippen molar-refractivity contribution in [2.24, 2.45) is 0 Å². The van der Waals surface area contributed by atoms with Crippen LogP contribution in [-0.2, 0) is 12.8 Å². The highest BCUT2D eigenvalue weighted by molar-refractivity contribution is 5.37. The Labute approximate surface area is 113 Å². The highest BCUT2D eigenvalue weighted by Gasteiger charge is 2.23. The fraction of sp³-hybridized carbons (Fsp3) is 0.692. The number of anilines is 1. The van der Waals surface area contributed by atoms with Crippen molar-refractivity contribution in [3.05, 3.63) is 21.7 Å². The summed E-state index contributed by atoms with van der Waals surface area (Å²) in [4.78, 5) is 23.7. The minimum absolute atomic E-state index is 0.100. The van der Waals surface area contributed by atoms with E-state index in [0.29, 0.717) is 29.7 Å². The van der Waals surface area contributed by atoms with Gasteiger partial charge in [0.2, 0.25) is 0 Å². The van der Waals surface area contributed by atoms with E-state index in [1.165, 1.54) is 0 Å². The number of likely N-dealkylation sites (N-methyl/N-ethyl adjacent to an activating group) is 2. The average molecular weight is 265 g/mol. The quantitative estimate of drug-likeness (QED) is 0.785. The maximum atomic E-state index is 11.9. The lowest BCUT2D eigenvalue weighted by molar-refractivity contribution is 0.113. The van der Waals surface area contributed by atoms with E-state index in [1.807, 2.05) is 6.92 Å². The largest absolute Gasteiger partial charge is 0.383 e. The van der Waals surface area contributed by atoms with Gasteiger partial charge in [0, 0.05) is 32.1 Å². The summed E-state index contributed by atoms with van der Waals surface area (Å²) in [6, 6.07) is 0.369. The second-order valence-electron chi connectivity index (χ2n) is 5.33. The Balaban J connectivity index is 2.17. The summed E-state index contributed by atoms with van der Waals surface area (Å²) >= 11 is 0. The molecular weight excluding hydrogens is 242 g/mol. The summed E-state index contributed by atoms with van der Waals surface area (Å²) in [5, 5.41) is 0. The average Bonchev–Trinajstić information content (AvgIpc) is 2.33. The molecule has 1 aromatic rings. The van der Waals surface area contributed by atoms with E-state index in [4.69, 9.17) is 5.73 Å². The molecule has 1 unspecified atom stereocenters. The smallest absolute Gasteiger partial charge is 0.256 e. The van der Waals surface area contributed by atoms with Crippen LogP contribution in [0.3, 0.4) is 0 Å². The van der Waals surface area contributed by atoms with Gasteiger partial charge in [-0.15, -0.1) is 0 Å². The number of piperazine rings is 1. The van der Waals surface area contributed by atoms with Crippen molar-refractivity contribution < 1.29 is 0 Å². The van der Waals surface area contributed by atoms with Gasteiger partial charge in [0.05, 0.1) is 5.56 Å². The Bertz CT molecular complexity index is 498. The van der Waals surface area contributed by atoms with Crippen molar-refractivity contribution in [1.29, 1.82) is 0 Å². The van der Waals surface area contributed by atoms with Crippen molar-refractivity contribution in [2.75, 3.05) is 39.5 Å². The zero-order valence-corrected chi connectivity index (χ0v) is 11.9. The fourth-order valence-corrected chi connectivity index (χ4v) is 2.55. The van der Waals surface area contributed by atoms with Crippen LogP contribution in [0.5, 0.6) is 0 Å². The highest BCUT2D eigenvalue weighted by Crippen LogP contribution is 2.11. The van der Waals surface area contributed by atoms with E-state index in [2.05, 4.69) is 33.9 Å². The lowest BCUT2D eigenvalue weighted by atomic mass is 10.1. The summed E-state index contributed by atoms with van der Waals surface area (Å²) in [5.74, 6) is 1.06. The monoisotopic (exact) mass is 265 g/mol. The third kappa shape index (κ3) is 3.13. The first-order chi connectivity index (χ1) is 9.01. The van der Waals surface area contributed by atoms with E-state index >= 15 is 0 Å². The van der Waals surface area contributed by atoms with Crippen molar-refractivity contribution in [3.8, 4) is 0 Å². The molecule has 106 valence electrons. The maximum Gasteiger partial charge on any atom is 0.256 e. The number of rotatable bonds is 3. The fourth-order valence-electron chi connectivity index (χ4n) is 2.55. The van der Waals surface area contributed by atoms with Gasteiger partial charge >= 0.3 is 0 Å². The SMILES string of the molecule is CCc1c(N)nc(CC2CN(C)CCN2C)[nH]c1=O. The number of hydrogen-bond acceptors (Lipinski definition) is 5. The molecule has 0 amide bonds. The van der Waals surface area contributed by atoms with Gasteiger partial charge in [-0.25, -0.2) is 4.98 Å². The minimum Gasteiger partial charge on any atom is -0.383 e. The minimum atomic E-state index is -0.100. The second kappa shape index (κ2) is 5.71. The molecule has 19 heavy (non-hydrogen) atoms. The molecule has 1 saturated heterocycles. The molecule has 1 aliphatic rings. The highest BCUT2D eigenvalue weighted by atomic mass is 16.1. The van der Waals surface area contributed by atoms with Gasteiger partial charge in [-0.05, 0) is 20.5 Å². The summed E-state index contributed by atoms with van der Waals surface area (Å²) < 4.78 is 0. The van der Waals surface area contributed by atoms with Crippen LogP contribution >= 0.6 is 0 Å². The zero-order valence-electron chi connectivity index (χ0n) is 11.9. The lowest BCUT2D eigenvalue weighted by Gasteiger charge is -2.37. The molecule has 0 aromatic carbocycles. The number of nitrogens with two attached hydrogens (primary N) is 1. The summed E-state index contributed by atoms with van der Waals surface area (Å²) in [7, 11) is 4.23. The number of aromatic nitrogens is 2.